The van der Waals surface area contributed by atoms with E-state index in [1.165, 1.54) is 4.90 Å². The number of nitrogens with zero attached hydrogens (tertiary/aromatic N) is 2. The fourth-order valence-corrected chi connectivity index (χ4v) is 2.55. The van der Waals surface area contributed by atoms with Crippen molar-refractivity contribution in [3.63, 3.8) is 0 Å². The average molecular weight is 297 g/mol. The van der Waals surface area contributed by atoms with Gasteiger partial charge in [0, 0.05) is 25.8 Å². The number of hydrogen-bond donors (Lipinski definition) is 2. The molecule has 1 aliphatic rings. The van der Waals surface area contributed by atoms with Crippen molar-refractivity contribution in [3.8, 4) is 0 Å². The number of aliphatic hydroxyl groups is 1. The van der Waals surface area contributed by atoms with Gasteiger partial charge in [-0.1, -0.05) is 0 Å². The van der Waals surface area contributed by atoms with E-state index in [-0.39, 0.29) is 12.5 Å². The zero-order chi connectivity index (χ0) is 15.6. The van der Waals surface area contributed by atoms with E-state index in [1.807, 2.05) is 0 Å². The molecule has 0 saturated carbocycles. The number of nitrogen functional groups attached to an aromatic ring is 1. The molecule has 1 aromatic rings. The number of nitro groups is 1. The van der Waals surface area contributed by atoms with Crippen molar-refractivity contribution in [1.29, 1.82) is 0 Å². The topological polar surface area (TPSA) is 110 Å². The lowest BCUT2D eigenvalue weighted by atomic mass is 10.1. The van der Waals surface area contributed by atoms with Crippen molar-refractivity contribution in [2.75, 3.05) is 25.4 Å². The number of hydrogen-bond acceptors (Lipinski definition) is 5. The van der Waals surface area contributed by atoms with Crippen LogP contribution in [0, 0.1) is 21.8 Å². The van der Waals surface area contributed by atoms with Crippen LogP contribution in [0.2, 0.25) is 0 Å². The van der Waals surface area contributed by atoms with Crippen molar-refractivity contribution in [1.82, 2.24) is 4.90 Å². The first-order chi connectivity index (χ1) is 9.95. The van der Waals surface area contributed by atoms with Crippen LogP contribution in [0.25, 0.3) is 0 Å². The number of carbonyl (C=O) groups excluding carboxylic acids is 1. The summed E-state index contributed by atoms with van der Waals surface area (Å²) in [5, 5.41) is 19.7. The summed E-state index contributed by atoms with van der Waals surface area (Å²) in [7, 11) is 0. The lowest BCUT2D eigenvalue weighted by Gasteiger charge is -2.18. The number of anilines is 1. The number of nitrogens with two attached hydrogens (primary N) is 1. The molecule has 21 heavy (non-hydrogen) atoms. The molecule has 1 atom stereocenters. The van der Waals surface area contributed by atoms with Gasteiger partial charge in [0.25, 0.3) is 11.6 Å². The van der Waals surface area contributed by atoms with Gasteiger partial charge in [-0.3, -0.25) is 14.9 Å². The van der Waals surface area contributed by atoms with Crippen LogP contribution in [0.3, 0.4) is 0 Å². The molecule has 1 unspecified atom stereocenters. The van der Waals surface area contributed by atoms with Gasteiger partial charge in [-0.25, -0.2) is 4.39 Å². The Bertz CT molecular complexity index is 579. The molecule has 3 N–H and O–H groups in total. The highest BCUT2D eigenvalue weighted by atomic mass is 19.1. The molecule has 1 amide bonds. The number of nitro benzene ring substituents is 1. The summed E-state index contributed by atoms with van der Waals surface area (Å²) in [6.07, 6.45) is 1.28. The minimum Gasteiger partial charge on any atom is -0.396 e. The van der Waals surface area contributed by atoms with Crippen molar-refractivity contribution in [2.24, 2.45) is 5.92 Å². The number of amides is 1. The minimum absolute atomic E-state index is 0.0278. The maximum atomic E-state index is 13.9. The summed E-state index contributed by atoms with van der Waals surface area (Å²) in [4.78, 5) is 23.8. The number of aliphatic hydroxyl groups excluding tert-OH is 1. The first-order valence-corrected chi connectivity index (χ1v) is 6.58. The van der Waals surface area contributed by atoms with Gasteiger partial charge in [-0.05, 0) is 24.8 Å². The maximum Gasteiger partial charge on any atom is 0.293 e. The minimum atomic E-state index is -0.867. The van der Waals surface area contributed by atoms with Crippen LogP contribution in [0.4, 0.5) is 15.8 Å². The number of carbonyl (C=O) groups is 1. The highest BCUT2D eigenvalue weighted by Gasteiger charge is 2.31. The van der Waals surface area contributed by atoms with Crippen LogP contribution in [0.5, 0.6) is 0 Å². The van der Waals surface area contributed by atoms with Crippen LogP contribution in [-0.4, -0.2) is 40.5 Å². The van der Waals surface area contributed by atoms with Crippen molar-refractivity contribution < 1.29 is 19.2 Å². The van der Waals surface area contributed by atoms with E-state index < -0.39 is 33.6 Å². The third-order valence-corrected chi connectivity index (χ3v) is 3.69. The molecule has 114 valence electrons. The van der Waals surface area contributed by atoms with E-state index >= 15 is 0 Å². The van der Waals surface area contributed by atoms with Gasteiger partial charge in [0.15, 0.2) is 0 Å². The van der Waals surface area contributed by atoms with Crippen LogP contribution < -0.4 is 5.73 Å². The second-order valence-electron chi connectivity index (χ2n) is 5.03. The number of halogens is 1. The van der Waals surface area contributed by atoms with Gasteiger partial charge < -0.3 is 15.7 Å². The van der Waals surface area contributed by atoms with Crippen molar-refractivity contribution in [3.05, 3.63) is 33.6 Å². The third-order valence-electron chi connectivity index (χ3n) is 3.69. The van der Waals surface area contributed by atoms with Crippen LogP contribution >= 0.6 is 0 Å². The van der Waals surface area contributed by atoms with Crippen molar-refractivity contribution >= 4 is 17.3 Å². The second-order valence-corrected chi connectivity index (χ2v) is 5.03. The summed E-state index contributed by atoms with van der Waals surface area (Å²) < 4.78 is 13.9. The van der Waals surface area contributed by atoms with E-state index in [4.69, 9.17) is 10.8 Å². The Kier molecular flexibility index (Phi) is 4.37. The first-order valence-electron chi connectivity index (χ1n) is 6.58. The molecule has 1 saturated heterocycles. The molecule has 1 fully saturated rings. The van der Waals surface area contributed by atoms with Crippen molar-refractivity contribution in [2.45, 2.75) is 12.8 Å². The quantitative estimate of drug-likeness (QED) is 0.492. The molecule has 1 aromatic carbocycles. The fraction of sp³-hybridized carbons (Fsp3) is 0.462. The molecule has 0 spiro atoms. The highest BCUT2D eigenvalue weighted by Crippen LogP contribution is 2.30. The molecule has 0 bridgehead atoms. The Morgan fingerprint density at radius 1 is 1.57 bits per heavy atom. The molecular formula is C13H16FN3O4. The van der Waals surface area contributed by atoms with E-state index in [0.29, 0.717) is 25.9 Å². The smallest absolute Gasteiger partial charge is 0.293 e. The van der Waals surface area contributed by atoms with Gasteiger partial charge in [-0.15, -0.1) is 0 Å². The Morgan fingerprint density at radius 2 is 2.29 bits per heavy atom. The molecule has 2 rings (SSSR count). The lowest BCUT2D eigenvalue weighted by molar-refractivity contribution is -0.384. The zero-order valence-electron chi connectivity index (χ0n) is 11.3. The zero-order valence-corrected chi connectivity index (χ0v) is 11.3. The molecule has 0 aromatic heterocycles. The highest BCUT2D eigenvalue weighted by molar-refractivity contribution is 6.01. The van der Waals surface area contributed by atoms with Gasteiger partial charge in [0.1, 0.15) is 17.1 Å². The average Bonchev–Trinajstić information content (AvgIpc) is 2.87. The summed E-state index contributed by atoms with van der Waals surface area (Å²) in [6.45, 7) is 0.839. The molecular weight excluding hydrogens is 281 g/mol. The number of likely N-dealkylation sites (tertiary alicyclic amines) is 1. The van der Waals surface area contributed by atoms with Gasteiger partial charge in [0.2, 0.25) is 0 Å². The maximum absolute atomic E-state index is 13.9. The number of rotatable bonds is 4. The summed E-state index contributed by atoms with van der Waals surface area (Å²) in [5.74, 6) is -1.36. The van der Waals surface area contributed by atoms with E-state index in [2.05, 4.69) is 0 Å². The summed E-state index contributed by atoms with van der Waals surface area (Å²) in [6, 6.07) is 1.82. The second kappa shape index (κ2) is 6.04. The van der Waals surface area contributed by atoms with E-state index in [1.54, 1.807) is 0 Å². The fourth-order valence-electron chi connectivity index (χ4n) is 2.55. The Morgan fingerprint density at radius 3 is 2.90 bits per heavy atom. The van der Waals surface area contributed by atoms with Crippen LogP contribution in [0.15, 0.2) is 12.1 Å². The normalized spacial score (nSPS) is 18.0. The number of benzene rings is 1. The molecule has 0 aliphatic carbocycles. The first kappa shape index (κ1) is 15.2. The Labute approximate surface area is 120 Å². The van der Waals surface area contributed by atoms with Gasteiger partial charge in [0.05, 0.1) is 4.92 Å². The third kappa shape index (κ3) is 2.94. The predicted molar refractivity (Wildman–Crippen MR) is 73.2 cm³/mol. The van der Waals surface area contributed by atoms with E-state index in [0.717, 1.165) is 12.1 Å². The predicted octanol–water partition coefficient (Wildman–Crippen LogP) is 1.16. The van der Waals surface area contributed by atoms with Crippen LogP contribution in [0.1, 0.15) is 23.2 Å². The van der Waals surface area contributed by atoms with Crippen LogP contribution in [-0.2, 0) is 0 Å². The summed E-state index contributed by atoms with van der Waals surface area (Å²) >= 11 is 0. The molecule has 0 radical (unpaired) electrons. The standard InChI is InChI=1S/C13H16FN3O4/c14-9-1-2-10(17(20)21)12(15)11(9)13(19)16-5-3-8(7-16)4-6-18/h1-2,8,18H,3-7,15H2. The monoisotopic (exact) mass is 297 g/mol. The Hall–Kier alpha value is -2.22. The molecule has 1 aliphatic heterocycles. The summed E-state index contributed by atoms with van der Waals surface area (Å²) in [5.41, 5.74) is 4.20. The van der Waals surface area contributed by atoms with Gasteiger partial charge in [-0.2, -0.15) is 0 Å². The van der Waals surface area contributed by atoms with Gasteiger partial charge >= 0.3 is 0 Å². The molecule has 1 heterocycles. The van der Waals surface area contributed by atoms with E-state index in [9.17, 15) is 19.3 Å². The molecule has 7 nitrogen and oxygen atoms in total. The SMILES string of the molecule is Nc1c([N+](=O)[O-])ccc(F)c1C(=O)N1CCC(CCO)C1. The largest absolute Gasteiger partial charge is 0.396 e. The lowest BCUT2D eigenvalue weighted by Crippen LogP contribution is -2.30. The molecule has 8 heteroatoms. The Balaban J connectivity index is 2.28.